The van der Waals surface area contributed by atoms with Gasteiger partial charge in [-0.25, -0.2) is 0 Å². The number of carbonyl (C=O) groups is 2. The molecule has 2 amide bonds. The number of primary amides is 1. The van der Waals surface area contributed by atoms with Crippen molar-refractivity contribution in [1.29, 1.82) is 0 Å². The molecule has 0 saturated carbocycles. The molecule has 0 atom stereocenters. The number of hydrogen-bond donors (Lipinski definition) is 2. The van der Waals surface area contributed by atoms with E-state index in [1.807, 2.05) is 29.3 Å². The van der Waals surface area contributed by atoms with Crippen LogP contribution in [0.3, 0.4) is 0 Å². The molecule has 0 spiro atoms. The standard InChI is InChI=1S/C16H18ClN3O2/c17-12-1-2-14-13(8-12)11(9-19-14)7-15(21)20-5-3-10(4-6-20)16(18)22/h1-2,8-10,19H,3-7H2,(H2,18,22). The average Bonchev–Trinajstić information content (AvgIpc) is 2.89. The molecule has 1 aromatic carbocycles. The Balaban J connectivity index is 1.69. The van der Waals surface area contributed by atoms with Gasteiger partial charge in [0.15, 0.2) is 0 Å². The maximum absolute atomic E-state index is 12.4. The molecule has 1 aromatic heterocycles. The highest BCUT2D eigenvalue weighted by atomic mass is 35.5. The highest BCUT2D eigenvalue weighted by Gasteiger charge is 2.26. The van der Waals surface area contributed by atoms with Crippen molar-refractivity contribution in [3.05, 3.63) is 35.0 Å². The summed E-state index contributed by atoms with van der Waals surface area (Å²) in [5, 5.41) is 1.64. The predicted octanol–water partition coefficient (Wildman–Crippen LogP) is 2.09. The first kappa shape index (κ1) is 14.9. The lowest BCUT2D eigenvalue weighted by molar-refractivity contribution is -0.134. The number of likely N-dealkylation sites (tertiary alicyclic amines) is 1. The lowest BCUT2D eigenvalue weighted by atomic mass is 9.96. The van der Waals surface area contributed by atoms with E-state index in [0.717, 1.165) is 16.5 Å². The zero-order valence-electron chi connectivity index (χ0n) is 12.1. The Morgan fingerprint density at radius 2 is 2.05 bits per heavy atom. The molecule has 5 nitrogen and oxygen atoms in total. The first-order valence-electron chi connectivity index (χ1n) is 7.37. The fourth-order valence-corrected chi connectivity index (χ4v) is 3.16. The number of carbonyl (C=O) groups excluding carboxylic acids is 2. The molecule has 0 radical (unpaired) electrons. The Morgan fingerprint density at radius 1 is 1.32 bits per heavy atom. The van der Waals surface area contributed by atoms with Crippen molar-refractivity contribution in [3.63, 3.8) is 0 Å². The summed E-state index contributed by atoms with van der Waals surface area (Å²) in [5.74, 6) is -0.293. The third-order valence-electron chi connectivity index (χ3n) is 4.32. The number of aromatic amines is 1. The summed E-state index contributed by atoms with van der Waals surface area (Å²) < 4.78 is 0. The van der Waals surface area contributed by atoms with Crippen LogP contribution in [0.1, 0.15) is 18.4 Å². The largest absolute Gasteiger partial charge is 0.369 e. The Kier molecular flexibility index (Phi) is 4.07. The van der Waals surface area contributed by atoms with Crippen LogP contribution < -0.4 is 5.73 Å². The maximum atomic E-state index is 12.4. The first-order chi connectivity index (χ1) is 10.5. The van der Waals surface area contributed by atoms with Crippen molar-refractivity contribution in [1.82, 2.24) is 9.88 Å². The van der Waals surface area contributed by atoms with Crippen LogP contribution in [0, 0.1) is 5.92 Å². The summed E-state index contributed by atoms with van der Waals surface area (Å²) in [6.07, 6.45) is 3.50. The van der Waals surface area contributed by atoms with Gasteiger partial charge in [-0.05, 0) is 36.6 Å². The number of H-pyrrole nitrogens is 1. The van der Waals surface area contributed by atoms with E-state index < -0.39 is 0 Å². The molecule has 1 aliphatic rings. The van der Waals surface area contributed by atoms with Gasteiger partial charge in [-0.3, -0.25) is 9.59 Å². The second kappa shape index (κ2) is 6.01. The number of rotatable bonds is 3. The van der Waals surface area contributed by atoms with E-state index in [1.165, 1.54) is 0 Å². The highest BCUT2D eigenvalue weighted by molar-refractivity contribution is 6.31. The minimum atomic E-state index is -0.265. The van der Waals surface area contributed by atoms with Crippen LogP contribution in [-0.2, 0) is 16.0 Å². The van der Waals surface area contributed by atoms with Gasteiger partial charge in [-0.1, -0.05) is 11.6 Å². The van der Waals surface area contributed by atoms with E-state index in [4.69, 9.17) is 17.3 Å². The van der Waals surface area contributed by atoms with Crippen molar-refractivity contribution >= 4 is 34.3 Å². The molecule has 116 valence electrons. The summed E-state index contributed by atoms with van der Waals surface area (Å²) in [6, 6.07) is 5.60. The number of aromatic nitrogens is 1. The normalized spacial score (nSPS) is 16.1. The number of fused-ring (bicyclic) bond motifs is 1. The van der Waals surface area contributed by atoms with Crippen LogP contribution in [0.15, 0.2) is 24.4 Å². The summed E-state index contributed by atoms with van der Waals surface area (Å²) in [4.78, 5) is 28.6. The van der Waals surface area contributed by atoms with Crippen molar-refractivity contribution < 1.29 is 9.59 Å². The fourth-order valence-electron chi connectivity index (χ4n) is 2.99. The van der Waals surface area contributed by atoms with Crippen LogP contribution in [0.5, 0.6) is 0 Å². The minimum Gasteiger partial charge on any atom is -0.369 e. The van der Waals surface area contributed by atoms with Gasteiger partial charge < -0.3 is 15.6 Å². The van der Waals surface area contributed by atoms with Crippen molar-refractivity contribution in [2.75, 3.05) is 13.1 Å². The van der Waals surface area contributed by atoms with Crippen molar-refractivity contribution in [2.24, 2.45) is 11.7 Å². The van der Waals surface area contributed by atoms with Gasteiger partial charge >= 0.3 is 0 Å². The number of hydrogen-bond acceptors (Lipinski definition) is 2. The van der Waals surface area contributed by atoms with Gasteiger partial charge in [-0.15, -0.1) is 0 Å². The highest BCUT2D eigenvalue weighted by Crippen LogP contribution is 2.24. The van der Waals surface area contributed by atoms with Crippen LogP contribution in [0.4, 0.5) is 0 Å². The lowest BCUT2D eigenvalue weighted by Gasteiger charge is -2.30. The Bertz CT molecular complexity index is 717. The number of piperidine rings is 1. The van der Waals surface area contributed by atoms with Gasteiger partial charge in [0.2, 0.25) is 11.8 Å². The molecule has 0 unspecified atom stereocenters. The molecule has 3 N–H and O–H groups in total. The van der Waals surface area contributed by atoms with E-state index in [9.17, 15) is 9.59 Å². The molecule has 0 aliphatic carbocycles. The number of benzene rings is 1. The van der Waals surface area contributed by atoms with Crippen molar-refractivity contribution in [3.8, 4) is 0 Å². The SMILES string of the molecule is NC(=O)C1CCN(C(=O)Cc2c[nH]c3ccc(Cl)cc23)CC1. The maximum Gasteiger partial charge on any atom is 0.227 e. The second-order valence-corrected chi connectivity index (χ2v) is 6.17. The van der Waals surface area contributed by atoms with Gasteiger partial charge in [0.1, 0.15) is 0 Å². The zero-order valence-corrected chi connectivity index (χ0v) is 12.9. The Hall–Kier alpha value is -2.01. The summed E-state index contributed by atoms with van der Waals surface area (Å²) >= 11 is 6.03. The molecule has 0 bridgehead atoms. The van der Waals surface area contributed by atoms with E-state index in [-0.39, 0.29) is 17.7 Å². The van der Waals surface area contributed by atoms with Crippen LogP contribution in [0.2, 0.25) is 5.02 Å². The summed E-state index contributed by atoms with van der Waals surface area (Å²) in [5.41, 5.74) is 7.23. The molecule has 3 rings (SSSR count). The predicted molar refractivity (Wildman–Crippen MR) is 85.5 cm³/mol. The summed E-state index contributed by atoms with van der Waals surface area (Å²) in [7, 11) is 0. The smallest absolute Gasteiger partial charge is 0.227 e. The average molecular weight is 320 g/mol. The zero-order chi connectivity index (χ0) is 15.7. The van der Waals surface area contributed by atoms with E-state index in [2.05, 4.69) is 4.98 Å². The van der Waals surface area contributed by atoms with Crippen LogP contribution in [0.25, 0.3) is 10.9 Å². The van der Waals surface area contributed by atoms with Crippen LogP contribution >= 0.6 is 11.6 Å². The fraction of sp³-hybridized carbons (Fsp3) is 0.375. The molecule has 1 aliphatic heterocycles. The Labute approximate surface area is 133 Å². The molecule has 1 fully saturated rings. The molecule has 2 aromatic rings. The van der Waals surface area contributed by atoms with E-state index in [0.29, 0.717) is 37.4 Å². The molecule has 1 saturated heterocycles. The van der Waals surface area contributed by atoms with E-state index >= 15 is 0 Å². The summed E-state index contributed by atoms with van der Waals surface area (Å²) in [6.45, 7) is 1.19. The van der Waals surface area contributed by atoms with Crippen LogP contribution in [-0.4, -0.2) is 34.8 Å². The van der Waals surface area contributed by atoms with Crippen molar-refractivity contribution in [2.45, 2.75) is 19.3 Å². The third-order valence-corrected chi connectivity index (χ3v) is 4.56. The third kappa shape index (κ3) is 2.95. The molecule has 22 heavy (non-hydrogen) atoms. The second-order valence-electron chi connectivity index (χ2n) is 5.74. The number of nitrogens with zero attached hydrogens (tertiary/aromatic N) is 1. The number of nitrogens with two attached hydrogens (primary N) is 1. The monoisotopic (exact) mass is 319 g/mol. The number of amides is 2. The lowest BCUT2D eigenvalue weighted by Crippen LogP contribution is -2.42. The minimum absolute atomic E-state index is 0.0730. The number of nitrogens with one attached hydrogen (secondary N) is 1. The number of halogens is 1. The molecule has 2 heterocycles. The van der Waals surface area contributed by atoms with Gasteiger partial charge in [0.05, 0.1) is 6.42 Å². The van der Waals surface area contributed by atoms with Gasteiger partial charge in [0, 0.05) is 41.1 Å². The molecule has 6 heteroatoms. The van der Waals surface area contributed by atoms with Gasteiger partial charge in [0.25, 0.3) is 0 Å². The molecular weight excluding hydrogens is 302 g/mol. The quantitative estimate of drug-likeness (QED) is 0.908. The first-order valence-corrected chi connectivity index (χ1v) is 7.75. The molecular formula is C16H18ClN3O2. The van der Waals surface area contributed by atoms with E-state index in [1.54, 1.807) is 0 Å². The van der Waals surface area contributed by atoms with Gasteiger partial charge in [-0.2, -0.15) is 0 Å². The Morgan fingerprint density at radius 3 is 2.73 bits per heavy atom. The topological polar surface area (TPSA) is 79.2 Å².